The normalized spacial score (nSPS) is 19.2. The molecule has 6 heteroatoms. The molecule has 6 nitrogen and oxygen atoms in total. The van der Waals surface area contributed by atoms with Crippen molar-refractivity contribution in [3.05, 3.63) is 35.4 Å². The van der Waals surface area contributed by atoms with E-state index >= 15 is 0 Å². The van der Waals surface area contributed by atoms with Crippen molar-refractivity contribution in [2.45, 2.75) is 13.0 Å². The molecule has 1 unspecified atom stereocenters. The number of hydrogen-bond donors (Lipinski definition) is 2. The van der Waals surface area contributed by atoms with Crippen molar-refractivity contribution >= 4 is 11.9 Å². The number of nitrogens with one attached hydrogen (secondary N) is 1. The van der Waals surface area contributed by atoms with Crippen LogP contribution in [0.25, 0.3) is 0 Å². The number of rotatable bonds is 5. The summed E-state index contributed by atoms with van der Waals surface area (Å²) in [6.45, 7) is 5.78. The van der Waals surface area contributed by atoms with Crippen molar-refractivity contribution in [3.8, 4) is 0 Å². The zero-order chi connectivity index (χ0) is 15.2. The third-order valence-electron chi connectivity index (χ3n) is 3.41. The van der Waals surface area contributed by atoms with E-state index in [1.165, 1.54) is 12.1 Å². The zero-order valence-corrected chi connectivity index (χ0v) is 12.0. The fourth-order valence-corrected chi connectivity index (χ4v) is 2.32. The third-order valence-corrected chi connectivity index (χ3v) is 3.41. The lowest BCUT2D eigenvalue weighted by molar-refractivity contribution is -0.0175. The number of hydrogen-bond acceptors (Lipinski definition) is 4. The van der Waals surface area contributed by atoms with E-state index in [-0.39, 0.29) is 17.6 Å². The summed E-state index contributed by atoms with van der Waals surface area (Å²) in [6, 6.07) is 6.03. The Morgan fingerprint density at radius 1 is 1.43 bits per heavy atom. The summed E-state index contributed by atoms with van der Waals surface area (Å²) in [5.74, 6) is -1.29. The Morgan fingerprint density at radius 3 is 2.90 bits per heavy atom. The van der Waals surface area contributed by atoms with Gasteiger partial charge in [-0.1, -0.05) is 6.07 Å². The highest BCUT2D eigenvalue weighted by Gasteiger charge is 2.16. The molecule has 0 saturated carbocycles. The fraction of sp³-hybridized carbons (Fsp3) is 0.467. The highest BCUT2D eigenvalue weighted by Crippen LogP contribution is 2.06. The van der Waals surface area contributed by atoms with Crippen LogP contribution in [0.2, 0.25) is 0 Å². The Hall–Kier alpha value is -1.92. The van der Waals surface area contributed by atoms with Crippen molar-refractivity contribution in [1.29, 1.82) is 0 Å². The average Bonchev–Trinajstić information content (AvgIpc) is 2.47. The second kappa shape index (κ2) is 7.19. The fourth-order valence-electron chi connectivity index (χ4n) is 2.32. The molecule has 2 N–H and O–H groups in total. The van der Waals surface area contributed by atoms with Gasteiger partial charge in [-0.15, -0.1) is 0 Å². The van der Waals surface area contributed by atoms with E-state index in [9.17, 15) is 9.59 Å². The maximum Gasteiger partial charge on any atom is 0.335 e. The van der Waals surface area contributed by atoms with E-state index in [1.54, 1.807) is 12.1 Å². The third kappa shape index (κ3) is 4.54. The molecule has 0 aromatic heterocycles. The van der Waals surface area contributed by atoms with Crippen LogP contribution in [-0.4, -0.2) is 60.8 Å². The first-order chi connectivity index (χ1) is 10.1. The minimum Gasteiger partial charge on any atom is -0.478 e. The number of carbonyl (C=O) groups excluding carboxylic acids is 1. The number of benzene rings is 1. The molecular formula is C15H20N2O4. The van der Waals surface area contributed by atoms with E-state index in [0.29, 0.717) is 12.1 Å². The quantitative estimate of drug-likeness (QED) is 0.840. The van der Waals surface area contributed by atoms with Gasteiger partial charge in [0.15, 0.2) is 0 Å². The van der Waals surface area contributed by atoms with E-state index in [1.807, 2.05) is 6.92 Å². The van der Waals surface area contributed by atoms with Gasteiger partial charge in [0.05, 0.1) is 18.3 Å². The lowest BCUT2D eigenvalue weighted by Gasteiger charge is -2.30. The zero-order valence-electron chi connectivity index (χ0n) is 12.0. The molecule has 0 aliphatic carbocycles. The maximum absolute atomic E-state index is 12.0. The van der Waals surface area contributed by atoms with Crippen molar-refractivity contribution < 1.29 is 19.4 Å². The van der Waals surface area contributed by atoms with Crippen LogP contribution < -0.4 is 5.32 Å². The number of carboxylic acids is 1. The number of morpholine rings is 1. The molecule has 114 valence electrons. The number of ether oxygens (including phenoxy) is 1. The smallest absolute Gasteiger partial charge is 0.335 e. The first-order valence-electron chi connectivity index (χ1n) is 7.02. The molecule has 1 heterocycles. The number of amides is 1. The second-order valence-electron chi connectivity index (χ2n) is 5.12. The van der Waals surface area contributed by atoms with Gasteiger partial charge >= 0.3 is 5.97 Å². The number of carbonyl (C=O) groups is 2. The minimum absolute atomic E-state index is 0.115. The van der Waals surface area contributed by atoms with Crippen LogP contribution in [0.5, 0.6) is 0 Å². The highest BCUT2D eigenvalue weighted by molar-refractivity contribution is 5.97. The summed E-state index contributed by atoms with van der Waals surface area (Å²) >= 11 is 0. The molecule has 1 atom stereocenters. The summed E-state index contributed by atoms with van der Waals surface area (Å²) in [6.07, 6.45) is 0.224. The minimum atomic E-state index is -1.04. The van der Waals surface area contributed by atoms with Crippen LogP contribution in [0, 0.1) is 0 Å². The van der Waals surface area contributed by atoms with Crippen molar-refractivity contribution in [1.82, 2.24) is 10.2 Å². The van der Waals surface area contributed by atoms with E-state index in [4.69, 9.17) is 9.84 Å². The Kier molecular flexibility index (Phi) is 5.30. The Morgan fingerprint density at radius 2 is 2.19 bits per heavy atom. The van der Waals surface area contributed by atoms with Crippen LogP contribution in [0.3, 0.4) is 0 Å². The Balaban J connectivity index is 1.81. The summed E-state index contributed by atoms with van der Waals surface area (Å²) < 4.78 is 5.46. The van der Waals surface area contributed by atoms with Gasteiger partial charge in [0, 0.05) is 31.7 Å². The Labute approximate surface area is 123 Å². The molecule has 1 aromatic rings. The van der Waals surface area contributed by atoms with Gasteiger partial charge in [0.2, 0.25) is 0 Å². The van der Waals surface area contributed by atoms with Crippen LogP contribution in [0.1, 0.15) is 27.6 Å². The SMILES string of the molecule is CC1CN(CCNC(=O)c2cccc(C(=O)O)c2)CCO1. The summed E-state index contributed by atoms with van der Waals surface area (Å²) in [4.78, 5) is 25.1. The van der Waals surface area contributed by atoms with Gasteiger partial charge in [-0.05, 0) is 25.1 Å². The van der Waals surface area contributed by atoms with Gasteiger partial charge in [-0.25, -0.2) is 4.79 Å². The molecule has 1 fully saturated rings. The van der Waals surface area contributed by atoms with Crippen LogP contribution in [0.4, 0.5) is 0 Å². The monoisotopic (exact) mass is 292 g/mol. The van der Waals surface area contributed by atoms with Crippen molar-refractivity contribution in [2.24, 2.45) is 0 Å². The van der Waals surface area contributed by atoms with Gasteiger partial charge < -0.3 is 15.2 Å². The lowest BCUT2D eigenvalue weighted by Crippen LogP contribution is -2.44. The molecule has 1 amide bonds. The molecular weight excluding hydrogens is 272 g/mol. The number of nitrogens with zero attached hydrogens (tertiary/aromatic N) is 1. The summed E-state index contributed by atoms with van der Waals surface area (Å²) in [5, 5.41) is 11.7. The largest absolute Gasteiger partial charge is 0.478 e. The first kappa shape index (κ1) is 15.5. The van der Waals surface area contributed by atoms with E-state index in [2.05, 4.69) is 10.2 Å². The molecule has 1 saturated heterocycles. The molecule has 21 heavy (non-hydrogen) atoms. The standard InChI is InChI=1S/C15H20N2O4/c1-11-10-17(7-8-21-11)6-5-16-14(18)12-3-2-4-13(9-12)15(19)20/h2-4,9,11H,5-8,10H2,1H3,(H,16,18)(H,19,20). The molecule has 0 radical (unpaired) electrons. The lowest BCUT2D eigenvalue weighted by atomic mass is 10.1. The van der Waals surface area contributed by atoms with Crippen LogP contribution in [0.15, 0.2) is 24.3 Å². The second-order valence-corrected chi connectivity index (χ2v) is 5.12. The molecule has 1 aliphatic heterocycles. The number of aromatic carboxylic acids is 1. The van der Waals surface area contributed by atoms with Crippen molar-refractivity contribution in [2.75, 3.05) is 32.8 Å². The average molecular weight is 292 g/mol. The Bertz CT molecular complexity index is 518. The maximum atomic E-state index is 12.0. The molecule has 0 spiro atoms. The topological polar surface area (TPSA) is 78.9 Å². The van der Waals surface area contributed by atoms with Crippen LogP contribution in [-0.2, 0) is 4.74 Å². The van der Waals surface area contributed by atoms with E-state index in [0.717, 1.165) is 26.2 Å². The van der Waals surface area contributed by atoms with Crippen molar-refractivity contribution in [3.63, 3.8) is 0 Å². The van der Waals surface area contributed by atoms with E-state index < -0.39 is 5.97 Å². The first-order valence-corrected chi connectivity index (χ1v) is 7.02. The predicted octanol–water partition coefficient (Wildman–Crippen LogP) is 0.835. The molecule has 2 rings (SSSR count). The highest BCUT2D eigenvalue weighted by atomic mass is 16.5. The molecule has 0 bridgehead atoms. The van der Waals surface area contributed by atoms with Gasteiger partial charge in [0.25, 0.3) is 5.91 Å². The molecule has 1 aliphatic rings. The summed E-state index contributed by atoms with van der Waals surface area (Å²) in [7, 11) is 0. The van der Waals surface area contributed by atoms with Crippen LogP contribution >= 0.6 is 0 Å². The summed E-state index contributed by atoms with van der Waals surface area (Å²) in [5.41, 5.74) is 0.481. The molecule has 1 aromatic carbocycles. The predicted molar refractivity (Wildman–Crippen MR) is 77.6 cm³/mol. The number of carboxylic acid groups (broad SMARTS) is 1. The van der Waals surface area contributed by atoms with Gasteiger partial charge in [0.1, 0.15) is 0 Å². The van der Waals surface area contributed by atoms with Gasteiger partial charge in [-0.3, -0.25) is 9.69 Å². The van der Waals surface area contributed by atoms with Gasteiger partial charge in [-0.2, -0.15) is 0 Å².